The molecule has 5 heteroatoms. The highest BCUT2D eigenvalue weighted by molar-refractivity contribution is 5.85. The Kier molecular flexibility index (Phi) is 6.02. The second kappa shape index (κ2) is 8.30. The summed E-state index contributed by atoms with van der Waals surface area (Å²) in [7, 11) is 0. The fraction of sp³-hybridized carbons (Fsp3) is 0.478. The van der Waals surface area contributed by atoms with E-state index in [-0.39, 0.29) is 24.0 Å². The number of nitrogens with zero attached hydrogens (tertiary/aromatic N) is 2. The van der Waals surface area contributed by atoms with Crippen LogP contribution in [0.4, 0.5) is 0 Å². The quantitative estimate of drug-likeness (QED) is 0.800. The third-order valence-electron chi connectivity index (χ3n) is 5.93. The van der Waals surface area contributed by atoms with Gasteiger partial charge in [0.25, 0.3) is 0 Å². The molecule has 28 heavy (non-hydrogen) atoms. The van der Waals surface area contributed by atoms with E-state index in [1.165, 1.54) is 16.3 Å². The molecule has 0 bridgehead atoms. The second-order valence-electron chi connectivity index (χ2n) is 8.16. The van der Waals surface area contributed by atoms with Crippen molar-refractivity contribution in [2.45, 2.75) is 52.0 Å². The number of hydrogen-bond acceptors (Lipinski definition) is 4. The van der Waals surface area contributed by atoms with Crippen LogP contribution in [0.2, 0.25) is 0 Å². The minimum Gasteiger partial charge on any atom is -0.371 e. The summed E-state index contributed by atoms with van der Waals surface area (Å²) in [5, 5.41) is 14.7. The van der Waals surface area contributed by atoms with E-state index in [0.717, 1.165) is 13.1 Å². The van der Waals surface area contributed by atoms with Crippen molar-refractivity contribution < 1.29 is 9.53 Å². The van der Waals surface area contributed by atoms with E-state index in [1.807, 2.05) is 32.9 Å². The fourth-order valence-electron chi connectivity index (χ4n) is 3.34. The summed E-state index contributed by atoms with van der Waals surface area (Å²) < 4.78 is 6.07. The zero-order valence-corrected chi connectivity index (χ0v) is 17.1. The molecule has 1 fully saturated rings. The molecule has 0 saturated carbocycles. The van der Waals surface area contributed by atoms with E-state index >= 15 is 0 Å². The summed E-state index contributed by atoms with van der Waals surface area (Å²) in [6, 6.07) is 16.5. The molecule has 0 aromatic heterocycles. The van der Waals surface area contributed by atoms with Crippen LogP contribution >= 0.6 is 0 Å². The molecule has 2 aromatic rings. The average Bonchev–Trinajstić information content (AvgIpc) is 2.66. The molecule has 1 aliphatic rings. The molecule has 0 aliphatic carbocycles. The zero-order valence-electron chi connectivity index (χ0n) is 17.1. The van der Waals surface area contributed by atoms with Crippen LogP contribution in [0.3, 0.4) is 0 Å². The minimum absolute atomic E-state index is 0.0433. The van der Waals surface area contributed by atoms with Crippen LogP contribution in [-0.2, 0) is 16.1 Å². The number of amides is 1. The minimum atomic E-state index is -0.847. The molecule has 1 aliphatic heterocycles. The first kappa shape index (κ1) is 20.3. The van der Waals surface area contributed by atoms with Gasteiger partial charge in [-0.3, -0.25) is 9.69 Å². The number of rotatable bonds is 7. The lowest BCUT2D eigenvalue weighted by molar-refractivity contribution is -0.135. The highest BCUT2D eigenvalue weighted by Gasteiger charge is 2.37. The lowest BCUT2D eigenvalue weighted by atomic mass is 9.89. The van der Waals surface area contributed by atoms with Crippen molar-refractivity contribution >= 4 is 16.7 Å². The maximum absolute atomic E-state index is 12.5. The molecule has 2 aromatic carbocycles. The molecular formula is C23H29N3O2. The van der Waals surface area contributed by atoms with E-state index in [1.54, 1.807) is 6.92 Å². The molecule has 2 atom stereocenters. The molecule has 1 saturated heterocycles. The van der Waals surface area contributed by atoms with Gasteiger partial charge in [-0.05, 0) is 36.1 Å². The van der Waals surface area contributed by atoms with Crippen molar-refractivity contribution in [1.82, 2.24) is 10.2 Å². The van der Waals surface area contributed by atoms with Gasteiger partial charge in [-0.1, -0.05) is 56.3 Å². The summed E-state index contributed by atoms with van der Waals surface area (Å²) >= 11 is 0. The summed E-state index contributed by atoms with van der Waals surface area (Å²) in [4.78, 5) is 14.6. The van der Waals surface area contributed by atoms with Crippen LogP contribution in [0, 0.1) is 17.2 Å². The number of carbonyl (C=O) groups is 1. The first-order chi connectivity index (χ1) is 13.3. The average molecular weight is 380 g/mol. The van der Waals surface area contributed by atoms with Crippen LogP contribution in [-0.4, -0.2) is 41.6 Å². The molecule has 1 heterocycles. The van der Waals surface area contributed by atoms with Crippen molar-refractivity contribution in [2.24, 2.45) is 5.92 Å². The number of benzene rings is 2. The highest BCUT2D eigenvalue weighted by atomic mass is 16.5. The van der Waals surface area contributed by atoms with Gasteiger partial charge in [-0.2, -0.15) is 5.26 Å². The second-order valence-corrected chi connectivity index (χ2v) is 8.16. The molecule has 5 nitrogen and oxygen atoms in total. The van der Waals surface area contributed by atoms with Crippen molar-refractivity contribution in [3.8, 4) is 6.07 Å². The fourth-order valence-corrected chi connectivity index (χ4v) is 3.34. The monoisotopic (exact) mass is 379 g/mol. The van der Waals surface area contributed by atoms with E-state index in [4.69, 9.17) is 4.74 Å². The van der Waals surface area contributed by atoms with Gasteiger partial charge in [0.15, 0.2) is 0 Å². The van der Waals surface area contributed by atoms with Crippen molar-refractivity contribution in [1.29, 1.82) is 5.26 Å². The highest BCUT2D eigenvalue weighted by Crippen LogP contribution is 2.23. The Morgan fingerprint density at radius 2 is 1.93 bits per heavy atom. The summed E-state index contributed by atoms with van der Waals surface area (Å²) in [5.74, 6) is -0.0629. The normalized spacial score (nSPS) is 18.3. The molecule has 2 unspecified atom stereocenters. The number of likely N-dealkylation sites (tertiary alicyclic amines) is 1. The van der Waals surface area contributed by atoms with Crippen molar-refractivity contribution in [3.05, 3.63) is 48.0 Å². The first-order valence-corrected chi connectivity index (χ1v) is 9.89. The van der Waals surface area contributed by atoms with Crippen LogP contribution in [0.15, 0.2) is 42.5 Å². The third kappa shape index (κ3) is 4.19. The van der Waals surface area contributed by atoms with Crippen molar-refractivity contribution in [2.75, 3.05) is 13.1 Å². The lowest BCUT2D eigenvalue weighted by Crippen LogP contribution is -2.62. The Hall–Kier alpha value is -2.42. The van der Waals surface area contributed by atoms with Crippen LogP contribution in [0.1, 0.15) is 33.3 Å². The van der Waals surface area contributed by atoms with E-state index in [0.29, 0.717) is 6.61 Å². The van der Waals surface area contributed by atoms with Crippen LogP contribution < -0.4 is 5.32 Å². The summed E-state index contributed by atoms with van der Waals surface area (Å²) in [6.07, 6.45) is 0.127. The SMILES string of the molecule is CC(C(=O)NC(C)(C#N)C(C)C)N1CC(OCc2cccc3ccccc23)C1. The topological polar surface area (TPSA) is 65.4 Å². The molecule has 0 radical (unpaired) electrons. The van der Waals surface area contributed by atoms with Gasteiger partial charge < -0.3 is 10.1 Å². The largest absolute Gasteiger partial charge is 0.371 e. The van der Waals surface area contributed by atoms with Gasteiger partial charge in [-0.15, -0.1) is 0 Å². The predicted molar refractivity (Wildman–Crippen MR) is 111 cm³/mol. The van der Waals surface area contributed by atoms with Gasteiger partial charge >= 0.3 is 0 Å². The maximum Gasteiger partial charge on any atom is 0.238 e. The third-order valence-corrected chi connectivity index (χ3v) is 5.93. The van der Waals surface area contributed by atoms with Gasteiger partial charge in [-0.25, -0.2) is 0 Å². The number of hydrogen-bond donors (Lipinski definition) is 1. The lowest BCUT2D eigenvalue weighted by Gasteiger charge is -2.43. The summed E-state index contributed by atoms with van der Waals surface area (Å²) in [6.45, 7) is 9.56. The first-order valence-electron chi connectivity index (χ1n) is 9.89. The smallest absolute Gasteiger partial charge is 0.238 e. The van der Waals surface area contributed by atoms with Crippen LogP contribution in [0.5, 0.6) is 0 Å². The summed E-state index contributed by atoms with van der Waals surface area (Å²) in [5.41, 5.74) is 0.338. The van der Waals surface area contributed by atoms with Crippen LogP contribution in [0.25, 0.3) is 10.8 Å². The maximum atomic E-state index is 12.5. The van der Waals surface area contributed by atoms with Gasteiger partial charge in [0, 0.05) is 13.1 Å². The van der Waals surface area contributed by atoms with E-state index in [9.17, 15) is 10.1 Å². The molecule has 1 amide bonds. The predicted octanol–water partition coefficient (Wildman–Crippen LogP) is 3.48. The molecular weight excluding hydrogens is 350 g/mol. The number of nitriles is 1. The Labute approximate surface area is 167 Å². The Balaban J connectivity index is 1.50. The number of fused-ring (bicyclic) bond motifs is 1. The molecule has 0 spiro atoms. The Bertz CT molecular complexity index is 878. The van der Waals surface area contributed by atoms with Crippen molar-refractivity contribution in [3.63, 3.8) is 0 Å². The molecule has 1 N–H and O–H groups in total. The van der Waals surface area contributed by atoms with E-state index < -0.39 is 5.54 Å². The Morgan fingerprint density at radius 3 is 2.61 bits per heavy atom. The molecule has 3 rings (SSSR count). The standard InChI is InChI=1S/C23H29N3O2/c1-16(2)23(4,15-24)25-22(27)17(3)26-12-20(13-26)28-14-19-10-7-9-18-8-5-6-11-21(18)19/h5-11,16-17,20H,12-14H2,1-4H3,(H,25,27). The van der Waals surface area contributed by atoms with Gasteiger partial charge in [0.2, 0.25) is 5.91 Å². The van der Waals surface area contributed by atoms with E-state index in [2.05, 4.69) is 46.6 Å². The van der Waals surface area contributed by atoms with Gasteiger partial charge in [0.05, 0.1) is 24.8 Å². The number of nitrogens with one attached hydrogen (secondary N) is 1. The number of carbonyl (C=O) groups excluding carboxylic acids is 1. The molecule has 148 valence electrons. The number of ether oxygens (including phenoxy) is 1. The zero-order chi connectivity index (χ0) is 20.3. The Morgan fingerprint density at radius 1 is 1.25 bits per heavy atom. The van der Waals surface area contributed by atoms with Gasteiger partial charge in [0.1, 0.15) is 5.54 Å².